The third-order valence-corrected chi connectivity index (χ3v) is 9.98. The Bertz CT molecular complexity index is 1590. The first-order valence-corrected chi connectivity index (χ1v) is 18.1. The van der Waals surface area contributed by atoms with E-state index in [1.54, 1.807) is 23.1 Å². The minimum Gasteiger partial charge on any atom is -0.486 e. The molecule has 3 aromatic rings. The molecule has 1 aliphatic carbocycles. The molecule has 1 aliphatic heterocycles. The van der Waals surface area contributed by atoms with E-state index in [9.17, 15) is 18.0 Å². The van der Waals surface area contributed by atoms with Crippen LogP contribution in [0.5, 0.6) is 11.5 Å². The number of carbonyl (C=O) groups excluding carboxylic acids is 2. The van der Waals surface area contributed by atoms with Gasteiger partial charge in [-0.2, -0.15) is 0 Å². The largest absolute Gasteiger partial charge is 0.486 e. The minimum absolute atomic E-state index is 0.0739. The number of carbonyl (C=O) groups is 2. The Labute approximate surface area is 272 Å². The molecule has 0 aromatic heterocycles. The summed E-state index contributed by atoms with van der Waals surface area (Å²) in [5.74, 6) is 0.720. The summed E-state index contributed by atoms with van der Waals surface area (Å²) < 4.78 is 38.3. The van der Waals surface area contributed by atoms with Gasteiger partial charge in [-0.05, 0) is 55.0 Å². The molecule has 1 saturated carbocycles. The zero-order chi connectivity index (χ0) is 32.5. The summed E-state index contributed by atoms with van der Waals surface area (Å²) in [4.78, 5) is 29.9. The van der Waals surface area contributed by atoms with Crippen molar-refractivity contribution < 1.29 is 27.5 Å². The van der Waals surface area contributed by atoms with E-state index in [1.165, 1.54) is 10.7 Å². The molecule has 1 unspecified atom stereocenters. The van der Waals surface area contributed by atoms with Crippen LogP contribution in [0, 0.1) is 6.92 Å². The molecular weight excluding hydrogens is 602 g/mol. The van der Waals surface area contributed by atoms with Crippen LogP contribution in [0.3, 0.4) is 0 Å². The monoisotopic (exact) mass is 647 g/mol. The van der Waals surface area contributed by atoms with Gasteiger partial charge in [-0.1, -0.05) is 73.9 Å². The van der Waals surface area contributed by atoms with E-state index in [2.05, 4.69) is 5.32 Å². The summed E-state index contributed by atoms with van der Waals surface area (Å²) >= 11 is 0. The second-order valence-corrected chi connectivity index (χ2v) is 14.2. The summed E-state index contributed by atoms with van der Waals surface area (Å²) in [5, 5.41) is 3.27. The van der Waals surface area contributed by atoms with Crippen molar-refractivity contribution in [3.05, 3.63) is 89.5 Å². The van der Waals surface area contributed by atoms with Gasteiger partial charge in [0.2, 0.25) is 21.8 Å². The van der Waals surface area contributed by atoms with Crippen molar-refractivity contribution in [2.45, 2.75) is 76.9 Å². The first kappa shape index (κ1) is 33.3. The fraction of sp³-hybridized carbons (Fsp3) is 0.444. The van der Waals surface area contributed by atoms with Crippen LogP contribution < -0.4 is 19.1 Å². The van der Waals surface area contributed by atoms with E-state index < -0.39 is 16.1 Å². The van der Waals surface area contributed by atoms with E-state index in [0.717, 1.165) is 48.6 Å². The van der Waals surface area contributed by atoms with E-state index in [1.807, 2.05) is 61.5 Å². The lowest BCUT2D eigenvalue weighted by Crippen LogP contribution is -2.53. The van der Waals surface area contributed by atoms with Gasteiger partial charge >= 0.3 is 0 Å². The van der Waals surface area contributed by atoms with Crippen molar-refractivity contribution in [2.75, 3.05) is 30.3 Å². The third kappa shape index (κ3) is 8.81. The molecule has 1 heterocycles. The Morgan fingerprint density at radius 2 is 1.61 bits per heavy atom. The molecule has 2 amide bonds. The van der Waals surface area contributed by atoms with Crippen LogP contribution in [-0.2, 0) is 32.6 Å². The molecule has 10 heteroatoms. The SMILES string of the molecule is Cc1ccccc1CN(C(=O)CCCN(c1ccc2c(c1)OCCO2)S(C)(=O)=O)C(Cc1ccccc1)C(=O)NC1CCCCC1. The molecule has 5 rings (SSSR count). The van der Waals surface area contributed by atoms with Crippen LogP contribution in [0.2, 0.25) is 0 Å². The average molecular weight is 648 g/mol. The highest BCUT2D eigenvalue weighted by atomic mass is 32.2. The molecule has 1 N–H and O–H groups in total. The van der Waals surface area contributed by atoms with Crippen LogP contribution in [0.25, 0.3) is 0 Å². The number of rotatable bonds is 13. The summed E-state index contributed by atoms with van der Waals surface area (Å²) in [6, 6.07) is 22.1. The average Bonchev–Trinajstić information content (AvgIpc) is 3.05. The molecule has 2 aliphatic rings. The Hall–Kier alpha value is -4.05. The molecule has 46 heavy (non-hydrogen) atoms. The number of sulfonamides is 1. The highest BCUT2D eigenvalue weighted by Crippen LogP contribution is 2.35. The van der Waals surface area contributed by atoms with E-state index in [4.69, 9.17) is 9.47 Å². The Kier molecular flexibility index (Phi) is 11.2. The molecule has 246 valence electrons. The van der Waals surface area contributed by atoms with Gasteiger partial charge in [0.1, 0.15) is 19.3 Å². The van der Waals surface area contributed by atoms with Gasteiger partial charge in [0.15, 0.2) is 11.5 Å². The quantitative estimate of drug-likeness (QED) is 0.266. The standard InChI is InChI=1S/C36H45N3O6S/c1-27-12-9-10-15-29(27)26-38(32(24-28-13-5-3-6-14-28)36(41)37-30-16-7-4-8-17-30)35(40)18-11-21-39(46(2,42)43)31-19-20-33-34(25-31)45-23-22-44-33/h3,5-6,9-10,12-15,19-20,25,30,32H,4,7-8,11,16-18,21-24,26H2,1-2H3,(H,37,41). The summed E-state index contributed by atoms with van der Waals surface area (Å²) in [7, 11) is -3.66. The topological polar surface area (TPSA) is 105 Å². The second-order valence-electron chi connectivity index (χ2n) is 12.3. The Morgan fingerprint density at radius 1 is 0.913 bits per heavy atom. The van der Waals surface area contributed by atoms with Gasteiger partial charge in [0.25, 0.3) is 0 Å². The van der Waals surface area contributed by atoms with Crippen LogP contribution in [0.4, 0.5) is 5.69 Å². The van der Waals surface area contributed by atoms with Gasteiger partial charge in [-0.15, -0.1) is 0 Å². The number of nitrogens with one attached hydrogen (secondary N) is 1. The lowest BCUT2D eigenvalue weighted by Gasteiger charge is -2.34. The number of ether oxygens (including phenoxy) is 2. The molecule has 0 radical (unpaired) electrons. The number of fused-ring (bicyclic) bond motifs is 1. The highest BCUT2D eigenvalue weighted by Gasteiger charge is 2.32. The van der Waals surface area contributed by atoms with Crippen LogP contribution in [0.15, 0.2) is 72.8 Å². The maximum atomic E-state index is 14.2. The van der Waals surface area contributed by atoms with Gasteiger partial charge in [-0.3, -0.25) is 13.9 Å². The summed E-state index contributed by atoms with van der Waals surface area (Å²) in [6.45, 7) is 3.20. The minimum atomic E-state index is -3.66. The molecule has 0 spiro atoms. The maximum Gasteiger partial charge on any atom is 0.243 e. The number of anilines is 1. The normalized spacial score (nSPS) is 15.5. The van der Waals surface area contributed by atoms with Gasteiger partial charge in [0.05, 0.1) is 11.9 Å². The fourth-order valence-corrected chi connectivity index (χ4v) is 7.22. The van der Waals surface area contributed by atoms with Crippen molar-refractivity contribution in [1.82, 2.24) is 10.2 Å². The first-order valence-electron chi connectivity index (χ1n) is 16.2. The molecule has 0 saturated heterocycles. The molecular formula is C36H45N3O6S. The second kappa shape index (κ2) is 15.5. The first-order chi connectivity index (χ1) is 22.2. The molecule has 9 nitrogen and oxygen atoms in total. The van der Waals surface area contributed by atoms with Crippen molar-refractivity contribution in [2.24, 2.45) is 0 Å². The van der Waals surface area contributed by atoms with Crippen LogP contribution in [0.1, 0.15) is 61.6 Å². The number of aryl methyl sites for hydroxylation is 1. The zero-order valence-electron chi connectivity index (χ0n) is 26.8. The number of hydrogen-bond donors (Lipinski definition) is 1. The van der Waals surface area contributed by atoms with E-state index in [0.29, 0.717) is 36.8 Å². The molecule has 0 bridgehead atoms. The van der Waals surface area contributed by atoms with Crippen molar-refractivity contribution in [3.63, 3.8) is 0 Å². The lowest BCUT2D eigenvalue weighted by atomic mass is 9.94. The predicted octanol–water partition coefficient (Wildman–Crippen LogP) is 5.40. The lowest BCUT2D eigenvalue weighted by molar-refractivity contribution is -0.141. The highest BCUT2D eigenvalue weighted by molar-refractivity contribution is 7.92. The fourth-order valence-electron chi connectivity index (χ4n) is 6.26. The van der Waals surface area contributed by atoms with Crippen LogP contribution in [-0.4, -0.2) is 63.2 Å². The van der Waals surface area contributed by atoms with Gasteiger partial charge in [0, 0.05) is 38.0 Å². The van der Waals surface area contributed by atoms with E-state index in [-0.39, 0.29) is 43.8 Å². The van der Waals surface area contributed by atoms with Crippen molar-refractivity contribution in [3.8, 4) is 11.5 Å². The van der Waals surface area contributed by atoms with Gasteiger partial charge < -0.3 is 19.7 Å². The number of nitrogens with zero attached hydrogens (tertiary/aromatic N) is 2. The van der Waals surface area contributed by atoms with E-state index >= 15 is 0 Å². The Morgan fingerprint density at radius 3 is 2.33 bits per heavy atom. The molecule has 3 aromatic carbocycles. The molecule has 1 fully saturated rings. The van der Waals surface area contributed by atoms with Crippen LogP contribution >= 0.6 is 0 Å². The number of hydrogen-bond acceptors (Lipinski definition) is 6. The zero-order valence-corrected chi connectivity index (χ0v) is 27.6. The number of amides is 2. The molecule has 1 atom stereocenters. The van der Waals surface area contributed by atoms with Crippen molar-refractivity contribution in [1.29, 1.82) is 0 Å². The summed E-state index contributed by atoms with van der Waals surface area (Å²) in [6.07, 6.45) is 7.10. The van der Waals surface area contributed by atoms with Gasteiger partial charge in [-0.25, -0.2) is 8.42 Å². The Balaban J connectivity index is 1.38. The maximum absolute atomic E-state index is 14.2. The third-order valence-electron chi connectivity index (χ3n) is 8.79. The predicted molar refractivity (Wildman–Crippen MR) is 180 cm³/mol. The van der Waals surface area contributed by atoms with Crippen molar-refractivity contribution >= 4 is 27.5 Å². The summed E-state index contributed by atoms with van der Waals surface area (Å²) in [5.41, 5.74) is 3.42. The number of benzene rings is 3. The smallest absolute Gasteiger partial charge is 0.243 e.